The molecule has 0 aromatic heterocycles. The van der Waals surface area contributed by atoms with Gasteiger partial charge in [-0.25, -0.2) is 0 Å². The topological polar surface area (TPSA) is 63.2 Å². The molecule has 5 aromatic carbocycles. The van der Waals surface area contributed by atoms with Gasteiger partial charge in [-0.05, 0) is 34.4 Å². The summed E-state index contributed by atoms with van der Waals surface area (Å²) in [7, 11) is -1.58. The minimum atomic E-state index is -1.58. The molecule has 47 heavy (non-hydrogen) atoms. The fourth-order valence-electron chi connectivity index (χ4n) is 5.61. The Morgan fingerprint density at radius 1 is 0.468 bits per heavy atom. The van der Waals surface area contributed by atoms with Crippen LogP contribution in [-0.2, 0) is 60.9 Å². The lowest BCUT2D eigenvalue weighted by atomic mass is 9.98. The van der Waals surface area contributed by atoms with E-state index in [1.165, 1.54) is 0 Å². The molecule has 0 spiro atoms. The molecule has 1 fully saturated rings. The van der Waals surface area contributed by atoms with Gasteiger partial charge in [-0.3, -0.25) is 4.21 Å². The minimum absolute atomic E-state index is 0.216. The van der Waals surface area contributed by atoms with Crippen molar-refractivity contribution in [2.45, 2.75) is 61.2 Å². The smallest absolute Gasteiger partial charge is 0.166 e. The second-order valence-electron chi connectivity index (χ2n) is 11.4. The quantitative estimate of drug-likeness (QED) is 0.117. The zero-order chi connectivity index (χ0) is 32.1. The van der Waals surface area contributed by atoms with Gasteiger partial charge < -0.3 is 23.7 Å². The summed E-state index contributed by atoms with van der Waals surface area (Å²) in [5.74, 6) is 0. The van der Waals surface area contributed by atoms with Crippen LogP contribution in [0.4, 0.5) is 0 Å². The number of hydrogen-bond donors (Lipinski definition) is 0. The first-order chi connectivity index (χ1) is 23.2. The van der Waals surface area contributed by atoms with Gasteiger partial charge in [0.05, 0.1) is 43.8 Å². The highest BCUT2D eigenvalue weighted by Crippen LogP contribution is 2.34. The molecule has 0 N–H and O–H groups in total. The van der Waals surface area contributed by atoms with Gasteiger partial charge in [0.15, 0.2) is 5.44 Å². The zero-order valence-electron chi connectivity index (χ0n) is 26.2. The Hall–Kier alpha value is -3.95. The van der Waals surface area contributed by atoms with Gasteiger partial charge >= 0.3 is 0 Å². The maximum Gasteiger partial charge on any atom is 0.166 e. The van der Waals surface area contributed by atoms with E-state index in [4.69, 9.17) is 23.7 Å². The Labute approximate surface area is 279 Å². The lowest BCUT2D eigenvalue weighted by Gasteiger charge is -2.45. The Morgan fingerprint density at radius 2 is 0.851 bits per heavy atom. The summed E-state index contributed by atoms with van der Waals surface area (Å²) < 4.78 is 47.5. The molecule has 1 aliphatic rings. The van der Waals surface area contributed by atoms with E-state index in [0.29, 0.717) is 31.3 Å². The van der Waals surface area contributed by atoms with E-state index in [1.54, 1.807) is 0 Å². The average Bonchev–Trinajstić information content (AvgIpc) is 3.14. The summed E-state index contributed by atoms with van der Waals surface area (Å²) in [5, 5.41) is 0. The molecular weight excluding hydrogens is 609 g/mol. The van der Waals surface area contributed by atoms with Crippen LogP contribution in [0.5, 0.6) is 0 Å². The molecule has 0 saturated carbocycles. The van der Waals surface area contributed by atoms with Crippen molar-refractivity contribution in [3.63, 3.8) is 0 Å². The second-order valence-corrected chi connectivity index (χ2v) is 13.0. The maximum atomic E-state index is 14.3. The third-order valence-corrected chi connectivity index (χ3v) is 9.57. The molecule has 6 rings (SSSR count). The fourth-order valence-corrected chi connectivity index (χ4v) is 7.02. The Kier molecular flexibility index (Phi) is 12.1. The molecule has 6 nitrogen and oxygen atoms in total. The first-order valence-electron chi connectivity index (χ1n) is 15.9. The van der Waals surface area contributed by atoms with E-state index in [-0.39, 0.29) is 6.61 Å². The number of ether oxygens (including phenoxy) is 5. The molecule has 5 aromatic rings. The van der Waals surface area contributed by atoms with Crippen LogP contribution in [0.15, 0.2) is 157 Å². The Morgan fingerprint density at radius 3 is 1.32 bits per heavy atom. The first-order valence-corrected chi connectivity index (χ1v) is 17.2. The average molecular weight is 649 g/mol. The van der Waals surface area contributed by atoms with Crippen molar-refractivity contribution in [2.24, 2.45) is 0 Å². The number of benzene rings is 5. The summed E-state index contributed by atoms with van der Waals surface area (Å²) in [4.78, 5) is 0.653. The standard InChI is InChI=1S/C40H40O6S/c41-47(35-24-14-5-15-25-35)40-39(45-29-34-22-12-4-13-23-34)38(44-28-33-20-10-3-11-21-33)37(43-27-32-18-8-2-9-19-32)36(46-40)30-42-26-31-16-6-1-7-17-31/h1-25,36-40H,26-30H2/t36?,37-,38?,39?,40+,47?/m1/s1. The number of hydrogen-bond acceptors (Lipinski definition) is 6. The van der Waals surface area contributed by atoms with E-state index in [1.807, 2.05) is 152 Å². The summed E-state index contributed by atoms with van der Waals surface area (Å²) in [6.07, 6.45) is -2.51. The predicted molar refractivity (Wildman–Crippen MR) is 183 cm³/mol. The van der Waals surface area contributed by atoms with Gasteiger partial charge in [-0.1, -0.05) is 140 Å². The molecule has 0 radical (unpaired) electrons. The number of rotatable bonds is 15. The molecule has 1 saturated heterocycles. The SMILES string of the molecule is O=S(c1ccccc1)[C@@H]1OC(COCc2ccccc2)[C@@H](OCc2ccccc2)C(OCc2ccccc2)C1OCc1ccccc1. The molecule has 242 valence electrons. The van der Waals surface area contributed by atoms with E-state index >= 15 is 0 Å². The van der Waals surface area contributed by atoms with Crippen molar-refractivity contribution in [1.29, 1.82) is 0 Å². The van der Waals surface area contributed by atoms with Crippen molar-refractivity contribution in [1.82, 2.24) is 0 Å². The van der Waals surface area contributed by atoms with E-state index in [0.717, 1.165) is 22.3 Å². The molecule has 0 bridgehead atoms. The van der Waals surface area contributed by atoms with Crippen LogP contribution in [-0.4, -0.2) is 40.7 Å². The third kappa shape index (κ3) is 9.32. The van der Waals surface area contributed by atoms with Crippen LogP contribution in [0, 0.1) is 0 Å². The van der Waals surface area contributed by atoms with E-state index < -0.39 is 40.7 Å². The molecule has 1 heterocycles. The van der Waals surface area contributed by atoms with Crippen molar-refractivity contribution in [2.75, 3.05) is 6.61 Å². The highest BCUT2D eigenvalue weighted by atomic mass is 32.2. The highest BCUT2D eigenvalue weighted by Gasteiger charge is 2.50. The monoisotopic (exact) mass is 648 g/mol. The Bertz CT molecular complexity index is 1620. The van der Waals surface area contributed by atoms with Gasteiger partial charge in [-0.15, -0.1) is 0 Å². The normalized spacial score (nSPS) is 21.7. The van der Waals surface area contributed by atoms with Crippen molar-refractivity contribution in [3.8, 4) is 0 Å². The first kappa shape index (κ1) is 33.0. The van der Waals surface area contributed by atoms with E-state index in [2.05, 4.69) is 0 Å². The van der Waals surface area contributed by atoms with Crippen LogP contribution in [0.1, 0.15) is 22.3 Å². The van der Waals surface area contributed by atoms with Crippen LogP contribution >= 0.6 is 0 Å². The van der Waals surface area contributed by atoms with Gasteiger partial charge in [-0.2, -0.15) is 0 Å². The summed E-state index contributed by atoms with van der Waals surface area (Å²) in [5.41, 5.74) is 3.24. The lowest BCUT2D eigenvalue weighted by molar-refractivity contribution is -0.255. The van der Waals surface area contributed by atoms with Crippen LogP contribution < -0.4 is 0 Å². The molecular formula is C40H40O6S. The molecule has 0 aliphatic carbocycles. The van der Waals surface area contributed by atoms with Crippen molar-refractivity contribution >= 4 is 10.8 Å². The van der Waals surface area contributed by atoms with Crippen LogP contribution in [0.2, 0.25) is 0 Å². The van der Waals surface area contributed by atoms with Gasteiger partial charge in [0.2, 0.25) is 0 Å². The van der Waals surface area contributed by atoms with Gasteiger partial charge in [0.25, 0.3) is 0 Å². The van der Waals surface area contributed by atoms with Crippen molar-refractivity contribution < 1.29 is 27.9 Å². The molecule has 4 unspecified atom stereocenters. The van der Waals surface area contributed by atoms with Crippen LogP contribution in [0.3, 0.4) is 0 Å². The van der Waals surface area contributed by atoms with Crippen LogP contribution in [0.25, 0.3) is 0 Å². The lowest BCUT2D eigenvalue weighted by Crippen LogP contribution is -2.62. The molecule has 0 amide bonds. The van der Waals surface area contributed by atoms with E-state index in [9.17, 15) is 4.21 Å². The summed E-state index contributed by atoms with van der Waals surface area (Å²) >= 11 is 0. The van der Waals surface area contributed by atoms with Gasteiger partial charge in [0.1, 0.15) is 24.4 Å². The predicted octanol–water partition coefficient (Wildman–Crippen LogP) is 7.49. The van der Waals surface area contributed by atoms with Gasteiger partial charge in [0, 0.05) is 4.90 Å². The molecule has 6 atom stereocenters. The van der Waals surface area contributed by atoms with Crippen molar-refractivity contribution in [3.05, 3.63) is 174 Å². The summed E-state index contributed by atoms with van der Waals surface area (Å²) in [6, 6.07) is 49.4. The molecule has 7 heteroatoms. The third-order valence-electron chi connectivity index (χ3n) is 8.03. The maximum absolute atomic E-state index is 14.3. The minimum Gasteiger partial charge on any atom is -0.374 e. The zero-order valence-corrected chi connectivity index (χ0v) is 27.0. The summed E-state index contributed by atoms with van der Waals surface area (Å²) in [6.45, 7) is 1.58. The second kappa shape index (κ2) is 17.3. The fraction of sp³-hybridized carbons (Fsp3) is 0.250. The highest BCUT2D eigenvalue weighted by molar-refractivity contribution is 7.85. The molecule has 1 aliphatic heterocycles. The largest absolute Gasteiger partial charge is 0.374 e. The Balaban J connectivity index is 1.34.